The standard InChI is InChI=1S/C15H19Br3O3/c1-3-8(16)10-5-6-15(20-10)14(18)13-12(21-15)7-11(19-13)9(17)4-2/h2,8-14H,3,5-7H2,1H3. The Morgan fingerprint density at radius 1 is 1.33 bits per heavy atom. The van der Waals surface area contributed by atoms with E-state index in [0.29, 0.717) is 4.83 Å². The zero-order valence-electron chi connectivity index (χ0n) is 11.8. The zero-order valence-corrected chi connectivity index (χ0v) is 16.6. The Kier molecular flexibility index (Phi) is 5.11. The third-order valence-corrected chi connectivity index (χ3v) is 7.94. The summed E-state index contributed by atoms with van der Waals surface area (Å²) in [7, 11) is 0. The number of hydrogen-bond donors (Lipinski definition) is 0. The molecule has 0 amide bonds. The lowest BCUT2D eigenvalue weighted by molar-refractivity contribution is -0.213. The van der Waals surface area contributed by atoms with Gasteiger partial charge in [-0.2, -0.15) is 0 Å². The molecule has 0 radical (unpaired) electrons. The molecule has 0 aliphatic carbocycles. The van der Waals surface area contributed by atoms with Crippen LogP contribution >= 0.6 is 47.8 Å². The molecule has 0 aromatic heterocycles. The Bertz CT molecular complexity index is 440. The minimum atomic E-state index is -0.538. The van der Waals surface area contributed by atoms with Crippen molar-refractivity contribution in [2.45, 2.75) is 77.3 Å². The average molecular weight is 487 g/mol. The highest BCUT2D eigenvalue weighted by molar-refractivity contribution is 9.10. The third-order valence-electron chi connectivity index (χ3n) is 4.63. The van der Waals surface area contributed by atoms with E-state index in [1.165, 1.54) is 0 Å². The van der Waals surface area contributed by atoms with Gasteiger partial charge in [0.2, 0.25) is 0 Å². The summed E-state index contributed by atoms with van der Waals surface area (Å²) in [4.78, 5) is 0.369. The van der Waals surface area contributed by atoms with Gasteiger partial charge in [-0.05, 0) is 12.8 Å². The largest absolute Gasteiger partial charge is 0.369 e. The van der Waals surface area contributed by atoms with Crippen LogP contribution < -0.4 is 0 Å². The van der Waals surface area contributed by atoms with Crippen LogP contribution in [-0.2, 0) is 14.2 Å². The highest BCUT2D eigenvalue weighted by atomic mass is 79.9. The van der Waals surface area contributed by atoms with Crippen LogP contribution in [0.4, 0.5) is 0 Å². The number of terminal acetylenes is 1. The van der Waals surface area contributed by atoms with E-state index in [4.69, 9.17) is 20.6 Å². The molecule has 21 heavy (non-hydrogen) atoms. The molecule has 1 spiro atoms. The maximum absolute atomic E-state index is 6.29. The van der Waals surface area contributed by atoms with E-state index in [-0.39, 0.29) is 34.1 Å². The second kappa shape index (κ2) is 6.41. The molecule has 3 aliphatic rings. The molecule has 3 nitrogen and oxygen atoms in total. The first-order valence-electron chi connectivity index (χ1n) is 7.40. The van der Waals surface area contributed by atoms with Crippen molar-refractivity contribution in [3.8, 4) is 12.3 Å². The number of halogens is 3. The van der Waals surface area contributed by atoms with E-state index in [0.717, 1.165) is 25.7 Å². The van der Waals surface area contributed by atoms with Crippen molar-refractivity contribution in [3.05, 3.63) is 0 Å². The fourth-order valence-electron chi connectivity index (χ4n) is 3.47. The van der Waals surface area contributed by atoms with Crippen LogP contribution in [0.2, 0.25) is 0 Å². The lowest BCUT2D eigenvalue weighted by atomic mass is 10.0. The first-order chi connectivity index (χ1) is 10.0. The molecular weight excluding hydrogens is 468 g/mol. The van der Waals surface area contributed by atoms with Gasteiger partial charge in [0.05, 0.1) is 23.1 Å². The van der Waals surface area contributed by atoms with Gasteiger partial charge < -0.3 is 14.2 Å². The fraction of sp³-hybridized carbons (Fsp3) is 0.867. The van der Waals surface area contributed by atoms with Gasteiger partial charge >= 0.3 is 0 Å². The van der Waals surface area contributed by atoms with Gasteiger partial charge in [0.25, 0.3) is 0 Å². The second-order valence-corrected chi connectivity index (χ2v) is 9.08. The highest BCUT2D eigenvalue weighted by Gasteiger charge is 2.62. The number of hydrogen-bond acceptors (Lipinski definition) is 3. The Balaban J connectivity index is 1.67. The van der Waals surface area contributed by atoms with Crippen LogP contribution in [0, 0.1) is 12.3 Å². The van der Waals surface area contributed by atoms with Crippen LogP contribution in [0.25, 0.3) is 0 Å². The van der Waals surface area contributed by atoms with Crippen molar-refractivity contribution in [2.75, 3.05) is 0 Å². The summed E-state index contributed by atoms with van der Waals surface area (Å²) in [6.45, 7) is 2.16. The van der Waals surface area contributed by atoms with Crippen LogP contribution in [0.3, 0.4) is 0 Å². The summed E-state index contributed by atoms with van der Waals surface area (Å²) in [5.74, 6) is 2.15. The third kappa shape index (κ3) is 2.88. The molecule has 0 saturated carbocycles. The molecular formula is C15H19Br3O3. The van der Waals surface area contributed by atoms with Crippen molar-refractivity contribution in [1.82, 2.24) is 0 Å². The average Bonchev–Trinajstić information content (AvgIpc) is 3.15. The first kappa shape index (κ1) is 16.7. The Morgan fingerprint density at radius 3 is 2.71 bits per heavy atom. The van der Waals surface area contributed by atoms with Crippen LogP contribution in [0.1, 0.15) is 32.6 Å². The van der Waals surface area contributed by atoms with E-state index in [9.17, 15) is 0 Å². The van der Waals surface area contributed by atoms with Crippen molar-refractivity contribution in [3.63, 3.8) is 0 Å². The van der Waals surface area contributed by atoms with Crippen molar-refractivity contribution in [2.24, 2.45) is 0 Å². The van der Waals surface area contributed by atoms with Gasteiger partial charge in [0.15, 0.2) is 5.79 Å². The zero-order chi connectivity index (χ0) is 15.2. The van der Waals surface area contributed by atoms with Gasteiger partial charge in [-0.15, -0.1) is 6.42 Å². The van der Waals surface area contributed by atoms with Crippen molar-refractivity contribution < 1.29 is 14.2 Å². The Morgan fingerprint density at radius 2 is 2.10 bits per heavy atom. The Labute approximate surface area is 151 Å². The van der Waals surface area contributed by atoms with Crippen molar-refractivity contribution >= 4 is 47.8 Å². The molecule has 3 rings (SSSR count). The van der Waals surface area contributed by atoms with Gasteiger partial charge in [-0.3, -0.25) is 0 Å². The van der Waals surface area contributed by atoms with E-state index in [1.54, 1.807) is 0 Å². The van der Waals surface area contributed by atoms with Crippen LogP contribution in [-0.4, -0.2) is 44.7 Å². The van der Waals surface area contributed by atoms with Crippen LogP contribution in [0.15, 0.2) is 0 Å². The normalized spacial score (nSPS) is 48.2. The minimum Gasteiger partial charge on any atom is -0.369 e. The van der Waals surface area contributed by atoms with Crippen LogP contribution in [0.5, 0.6) is 0 Å². The summed E-state index contributed by atoms with van der Waals surface area (Å²) >= 11 is 10.9. The van der Waals surface area contributed by atoms with E-state index < -0.39 is 5.79 Å². The predicted octanol–water partition coefficient (Wildman–Crippen LogP) is 3.75. The summed E-state index contributed by atoms with van der Waals surface area (Å²) < 4.78 is 18.7. The van der Waals surface area contributed by atoms with E-state index in [1.807, 2.05) is 0 Å². The quantitative estimate of drug-likeness (QED) is 0.449. The number of fused-ring (bicyclic) bond motifs is 1. The molecule has 8 atom stereocenters. The van der Waals surface area contributed by atoms with Gasteiger partial charge in [0, 0.05) is 17.7 Å². The molecule has 3 heterocycles. The molecule has 0 aromatic rings. The minimum absolute atomic E-state index is 0.0116. The number of ether oxygens (including phenoxy) is 3. The second-order valence-electron chi connectivity index (χ2n) is 5.93. The molecule has 8 unspecified atom stereocenters. The lowest BCUT2D eigenvalue weighted by Gasteiger charge is -2.30. The fourth-order valence-corrected chi connectivity index (χ4v) is 5.10. The SMILES string of the molecule is C#CC(Br)C1CC2OC3(CCC(C(Br)CC)O3)C(Br)C2O1. The first-order valence-corrected chi connectivity index (χ1v) is 10.1. The summed E-state index contributed by atoms with van der Waals surface area (Å²) in [6.07, 6.45) is 9.53. The molecule has 118 valence electrons. The molecule has 3 fully saturated rings. The lowest BCUT2D eigenvalue weighted by Crippen LogP contribution is -2.41. The summed E-state index contributed by atoms with van der Waals surface area (Å²) in [5.41, 5.74) is 0. The predicted molar refractivity (Wildman–Crippen MR) is 92.3 cm³/mol. The molecule has 6 heteroatoms. The van der Waals surface area contributed by atoms with E-state index >= 15 is 0 Å². The number of rotatable bonds is 3. The molecule has 3 aliphatic heterocycles. The summed E-state index contributed by atoms with van der Waals surface area (Å²) in [6, 6.07) is 0. The molecule has 3 saturated heterocycles. The number of alkyl halides is 3. The smallest absolute Gasteiger partial charge is 0.184 e. The van der Waals surface area contributed by atoms with Crippen molar-refractivity contribution in [1.29, 1.82) is 0 Å². The summed E-state index contributed by atoms with van der Waals surface area (Å²) in [5, 5.41) is 0. The molecule has 0 N–H and O–H groups in total. The maximum Gasteiger partial charge on any atom is 0.184 e. The Hall–Kier alpha value is 0.880. The van der Waals surface area contributed by atoms with Gasteiger partial charge in [0.1, 0.15) is 10.9 Å². The monoisotopic (exact) mass is 484 g/mol. The highest BCUT2D eigenvalue weighted by Crippen LogP contribution is 2.51. The van der Waals surface area contributed by atoms with Gasteiger partial charge in [-0.1, -0.05) is 60.6 Å². The van der Waals surface area contributed by atoms with E-state index in [2.05, 4.69) is 60.6 Å². The molecule has 0 aromatic carbocycles. The maximum atomic E-state index is 6.29. The topological polar surface area (TPSA) is 27.7 Å². The molecule has 0 bridgehead atoms. The van der Waals surface area contributed by atoms with Gasteiger partial charge in [-0.25, -0.2) is 0 Å².